The van der Waals surface area contributed by atoms with E-state index < -0.39 is 85.8 Å². The molecular formula is C28H32O16. The van der Waals surface area contributed by atoms with E-state index in [1.54, 1.807) is 0 Å². The maximum absolute atomic E-state index is 12.9. The Labute approximate surface area is 248 Å². The van der Waals surface area contributed by atoms with Crippen molar-refractivity contribution in [3.63, 3.8) is 0 Å². The predicted molar refractivity (Wildman–Crippen MR) is 145 cm³/mol. The molecule has 2 aliphatic rings. The zero-order valence-electron chi connectivity index (χ0n) is 23.0. The summed E-state index contributed by atoms with van der Waals surface area (Å²) < 4.78 is 33.4. The average Bonchev–Trinajstić information content (AvgIpc) is 3.00. The monoisotopic (exact) mass is 624 g/mol. The third-order valence-electron chi connectivity index (χ3n) is 7.46. The van der Waals surface area contributed by atoms with E-state index >= 15 is 0 Å². The summed E-state index contributed by atoms with van der Waals surface area (Å²) in [5.41, 5.74) is -0.402. The van der Waals surface area contributed by atoms with E-state index in [0.717, 1.165) is 12.1 Å². The van der Waals surface area contributed by atoms with Gasteiger partial charge in [-0.2, -0.15) is 0 Å². The van der Waals surface area contributed by atoms with Crippen LogP contribution in [0.3, 0.4) is 0 Å². The van der Waals surface area contributed by atoms with E-state index in [0.29, 0.717) is 5.56 Å². The quantitative estimate of drug-likeness (QED) is 0.130. The van der Waals surface area contributed by atoms with Crippen molar-refractivity contribution in [1.82, 2.24) is 0 Å². The number of ether oxygens (including phenoxy) is 5. The number of hydrogen-bond acceptors (Lipinski definition) is 16. The fourth-order valence-corrected chi connectivity index (χ4v) is 5.05. The Morgan fingerprint density at radius 2 is 1.43 bits per heavy atom. The molecule has 44 heavy (non-hydrogen) atoms. The molecule has 0 saturated carbocycles. The number of phenols is 2. The zero-order valence-corrected chi connectivity index (χ0v) is 23.0. The smallest absolute Gasteiger partial charge is 0.229 e. The molecule has 16 nitrogen and oxygen atoms in total. The van der Waals surface area contributed by atoms with E-state index in [2.05, 4.69) is 0 Å². The van der Waals surface area contributed by atoms with Crippen LogP contribution in [0.2, 0.25) is 0 Å². The molecular weight excluding hydrogens is 592 g/mol. The number of fused-ring (bicyclic) bond motifs is 1. The van der Waals surface area contributed by atoms with Crippen LogP contribution >= 0.6 is 0 Å². The molecule has 2 aromatic carbocycles. The number of hydrogen-bond donors (Lipinski definition) is 9. The van der Waals surface area contributed by atoms with Gasteiger partial charge >= 0.3 is 0 Å². The summed E-state index contributed by atoms with van der Waals surface area (Å²) in [7, 11) is 1.34. The zero-order chi connectivity index (χ0) is 31.9. The third-order valence-corrected chi connectivity index (χ3v) is 7.46. The van der Waals surface area contributed by atoms with E-state index in [-0.39, 0.29) is 34.0 Å². The molecule has 3 heterocycles. The van der Waals surface area contributed by atoms with Gasteiger partial charge in [-0.25, -0.2) is 0 Å². The minimum absolute atomic E-state index is 0.0500. The predicted octanol–water partition coefficient (Wildman–Crippen LogP) is -2.12. The molecule has 9 N–H and O–H groups in total. The summed E-state index contributed by atoms with van der Waals surface area (Å²) in [6, 6.07) is 7.63. The lowest BCUT2D eigenvalue weighted by atomic mass is 9.97. The largest absolute Gasteiger partial charge is 0.507 e. The normalized spacial score (nSPS) is 32.5. The van der Waals surface area contributed by atoms with Crippen LogP contribution in [0.5, 0.6) is 23.0 Å². The molecule has 16 heteroatoms. The van der Waals surface area contributed by atoms with Gasteiger partial charge < -0.3 is 74.1 Å². The lowest BCUT2D eigenvalue weighted by molar-refractivity contribution is -0.357. The molecule has 0 bridgehead atoms. The van der Waals surface area contributed by atoms with Crippen LogP contribution in [0.4, 0.5) is 0 Å². The van der Waals surface area contributed by atoms with Crippen molar-refractivity contribution in [3.05, 3.63) is 46.6 Å². The van der Waals surface area contributed by atoms with Crippen LogP contribution < -0.4 is 14.9 Å². The number of methoxy groups -OCH3 is 1. The first-order valence-electron chi connectivity index (χ1n) is 13.4. The molecule has 240 valence electrons. The maximum atomic E-state index is 12.9. The van der Waals surface area contributed by atoms with Gasteiger partial charge in [-0.3, -0.25) is 4.79 Å². The standard InChI is InChI=1S/C28H32O16/c1-39-16-4-10(2-3-12(16)31)15-7-14(33)20-13(32)5-11(6-17(20)41-15)40-28-26(24(37)22(35)19(9-30)43-28)44-27-25(38)23(36)21(34)18(8-29)42-27/h2-7,18-19,21-32,34-38H,8-9H2,1H3/t18-,19+,21-,22-,23+,24+,25-,26-,27+,28-/m1/s1. The highest BCUT2D eigenvalue weighted by atomic mass is 16.8. The Bertz CT molecular complexity index is 1520. The third kappa shape index (κ3) is 5.92. The van der Waals surface area contributed by atoms with Gasteiger partial charge in [-0.05, 0) is 18.2 Å². The fraction of sp³-hybridized carbons (Fsp3) is 0.464. The summed E-state index contributed by atoms with van der Waals surface area (Å²) in [6.07, 6.45) is -16.8. The van der Waals surface area contributed by atoms with Crippen molar-refractivity contribution in [2.75, 3.05) is 20.3 Å². The number of aliphatic hydroxyl groups is 7. The number of phenolic OH excluding ortho intramolecular Hbond substituents is 2. The molecule has 5 rings (SSSR count). The minimum atomic E-state index is -1.87. The number of rotatable bonds is 8. The van der Waals surface area contributed by atoms with Crippen molar-refractivity contribution in [1.29, 1.82) is 0 Å². The fourth-order valence-electron chi connectivity index (χ4n) is 5.05. The summed E-state index contributed by atoms with van der Waals surface area (Å²) in [5, 5.41) is 91.5. The second-order valence-electron chi connectivity index (χ2n) is 10.3. The Morgan fingerprint density at radius 1 is 0.773 bits per heavy atom. The first-order chi connectivity index (χ1) is 21.0. The lowest BCUT2D eigenvalue weighted by Crippen LogP contribution is -2.65. The van der Waals surface area contributed by atoms with E-state index in [4.69, 9.17) is 28.1 Å². The summed E-state index contributed by atoms with van der Waals surface area (Å²) in [6.45, 7) is -1.52. The van der Waals surface area contributed by atoms with Gasteiger partial charge in [0.1, 0.15) is 71.0 Å². The van der Waals surface area contributed by atoms with Gasteiger partial charge in [-0.1, -0.05) is 0 Å². The molecule has 0 amide bonds. The first-order valence-corrected chi connectivity index (χ1v) is 13.4. The molecule has 2 aliphatic heterocycles. The van der Waals surface area contributed by atoms with Crippen molar-refractivity contribution < 1.29 is 74.1 Å². The van der Waals surface area contributed by atoms with Gasteiger partial charge in [0.25, 0.3) is 0 Å². The highest BCUT2D eigenvalue weighted by molar-refractivity contribution is 5.86. The highest BCUT2D eigenvalue weighted by Crippen LogP contribution is 2.36. The minimum Gasteiger partial charge on any atom is -0.507 e. The van der Waals surface area contributed by atoms with Crippen LogP contribution in [-0.4, -0.2) is 128 Å². The molecule has 2 saturated heterocycles. The number of aliphatic hydroxyl groups excluding tert-OH is 7. The summed E-state index contributed by atoms with van der Waals surface area (Å²) >= 11 is 0. The van der Waals surface area contributed by atoms with E-state index in [9.17, 15) is 50.8 Å². The van der Waals surface area contributed by atoms with Gasteiger partial charge in [0.05, 0.1) is 20.3 Å². The second kappa shape index (κ2) is 12.8. The van der Waals surface area contributed by atoms with Crippen molar-refractivity contribution >= 4 is 11.0 Å². The van der Waals surface area contributed by atoms with E-state index in [1.165, 1.54) is 31.4 Å². The Kier molecular flexibility index (Phi) is 9.28. The van der Waals surface area contributed by atoms with Crippen LogP contribution in [0.25, 0.3) is 22.3 Å². The number of benzene rings is 2. The van der Waals surface area contributed by atoms with Gasteiger partial charge in [0.2, 0.25) is 6.29 Å². The van der Waals surface area contributed by atoms with E-state index in [1.807, 2.05) is 0 Å². The molecule has 0 aliphatic carbocycles. The maximum Gasteiger partial charge on any atom is 0.229 e. The molecule has 0 unspecified atom stereocenters. The van der Waals surface area contributed by atoms with Gasteiger partial charge in [0.15, 0.2) is 29.3 Å². The van der Waals surface area contributed by atoms with Crippen molar-refractivity contribution in [2.45, 2.75) is 61.4 Å². The first kappa shape index (κ1) is 31.9. The molecule has 1 aromatic heterocycles. The van der Waals surface area contributed by atoms with Crippen molar-refractivity contribution in [3.8, 4) is 34.3 Å². The lowest BCUT2D eigenvalue weighted by Gasteiger charge is -2.45. The van der Waals surface area contributed by atoms with Crippen molar-refractivity contribution in [2.24, 2.45) is 0 Å². The van der Waals surface area contributed by atoms with Gasteiger partial charge in [0, 0.05) is 23.8 Å². The van der Waals surface area contributed by atoms with Crippen LogP contribution in [0, 0.1) is 0 Å². The summed E-state index contributed by atoms with van der Waals surface area (Å²) in [4.78, 5) is 12.9. The van der Waals surface area contributed by atoms with Crippen LogP contribution in [0.1, 0.15) is 0 Å². The Hall–Kier alpha value is -3.55. The molecule has 10 atom stereocenters. The van der Waals surface area contributed by atoms with Gasteiger partial charge in [-0.15, -0.1) is 0 Å². The second-order valence-corrected chi connectivity index (χ2v) is 10.3. The molecule has 2 fully saturated rings. The molecule has 3 aromatic rings. The molecule has 0 spiro atoms. The Balaban J connectivity index is 1.48. The van der Waals surface area contributed by atoms with Crippen LogP contribution in [-0.2, 0) is 14.2 Å². The Morgan fingerprint density at radius 3 is 2.09 bits per heavy atom. The topological polar surface area (TPSA) is 258 Å². The highest BCUT2D eigenvalue weighted by Gasteiger charge is 2.51. The molecule has 0 radical (unpaired) electrons. The SMILES string of the molecule is COc1cc(-c2cc(=O)c3c(O)cc(O[C@@H]4O[C@@H](CO)[C@@H](O)[C@H](O)[C@H]4O[C@@H]4O[C@H](CO)[C@@H](O)[C@H](O)[C@H]4O)cc3o2)ccc1O. The van der Waals surface area contributed by atoms with Crippen LogP contribution in [0.15, 0.2) is 45.6 Å². The summed E-state index contributed by atoms with van der Waals surface area (Å²) in [5.74, 6) is -0.721. The number of aromatic hydroxyl groups is 2. The average molecular weight is 625 g/mol.